The number of hydrogen-bond acceptors (Lipinski definition) is 6. The molecule has 0 unspecified atom stereocenters. The van der Waals surface area contributed by atoms with Crippen molar-refractivity contribution in [2.45, 2.75) is 19.7 Å². The number of ether oxygens (including phenoxy) is 2. The number of benzene rings is 4. The molecule has 0 amide bonds. The Morgan fingerprint density at radius 2 is 1.50 bits per heavy atom. The minimum Gasteiger partial charge on any atom is -0.497 e. The summed E-state index contributed by atoms with van der Waals surface area (Å²) in [5.41, 5.74) is 3.13. The van der Waals surface area contributed by atoms with Crippen LogP contribution in [-0.2, 0) is 11.4 Å². The number of Topliss-reactive ketones (excluding diaryl/α,β-unsaturated/α-hetero) is 1. The van der Waals surface area contributed by atoms with Gasteiger partial charge in [-0.05, 0) is 54.6 Å². The summed E-state index contributed by atoms with van der Waals surface area (Å²) in [5.74, 6) is 1.48. The summed E-state index contributed by atoms with van der Waals surface area (Å²) in [6.45, 7) is 1.69. The van der Waals surface area contributed by atoms with Crippen molar-refractivity contribution in [3.63, 3.8) is 0 Å². The summed E-state index contributed by atoms with van der Waals surface area (Å²) in [4.78, 5) is 14.8. The Morgan fingerprint density at radius 1 is 0.842 bits per heavy atom. The van der Waals surface area contributed by atoms with E-state index in [1.165, 1.54) is 6.92 Å². The van der Waals surface area contributed by atoms with Crippen molar-refractivity contribution < 1.29 is 14.3 Å². The van der Waals surface area contributed by atoms with Crippen LogP contribution < -0.4 is 19.4 Å². The molecule has 4 aromatic rings. The van der Waals surface area contributed by atoms with Gasteiger partial charge in [0.25, 0.3) is 0 Å². The second-order valence-corrected chi connectivity index (χ2v) is 9.44. The van der Waals surface area contributed by atoms with Crippen molar-refractivity contribution in [1.82, 2.24) is 0 Å². The molecule has 6 nitrogen and oxygen atoms in total. The second kappa shape index (κ2) is 11.2. The Morgan fingerprint density at radius 3 is 2.16 bits per heavy atom. The number of ketones is 1. The van der Waals surface area contributed by atoms with Crippen LogP contribution in [-0.4, -0.2) is 18.7 Å². The molecular weight excluding hydrogens is 521 g/mol. The molecule has 0 bridgehead atoms. The number of methoxy groups -OCH3 is 1. The Labute approximate surface area is 231 Å². The summed E-state index contributed by atoms with van der Waals surface area (Å²) in [7, 11) is 1.62. The lowest BCUT2D eigenvalue weighted by Gasteiger charge is -2.33. The zero-order chi connectivity index (χ0) is 26.6. The summed E-state index contributed by atoms with van der Waals surface area (Å²) in [6, 6.07) is 30.3. The number of carbonyl (C=O) groups excluding carboxylic acids is 1. The van der Waals surface area contributed by atoms with Crippen LogP contribution in [0.15, 0.2) is 102 Å². The van der Waals surface area contributed by atoms with Crippen molar-refractivity contribution in [1.29, 1.82) is 0 Å². The summed E-state index contributed by atoms with van der Waals surface area (Å²) in [5, 5.41) is 7.70. The molecule has 1 atom stereocenters. The summed E-state index contributed by atoms with van der Waals surface area (Å²) >= 11 is 12.8. The van der Waals surface area contributed by atoms with E-state index in [4.69, 9.17) is 37.8 Å². The number of para-hydroxylation sites is 2. The topological polar surface area (TPSA) is 54.4 Å². The van der Waals surface area contributed by atoms with Gasteiger partial charge in [-0.1, -0.05) is 65.7 Å². The third-order valence-electron chi connectivity index (χ3n) is 6.22. The highest BCUT2D eigenvalue weighted by Crippen LogP contribution is 2.42. The third kappa shape index (κ3) is 5.05. The predicted molar refractivity (Wildman–Crippen MR) is 152 cm³/mol. The molecule has 1 heterocycles. The molecule has 0 fully saturated rings. The fraction of sp³-hybridized carbons (Fsp3) is 0.133. The monoisotopic (exact) mass is 545 g/mol. The molecule has 0 saturated heterocycles. The lowest BCUT2D eigenvalue weighted by atomic mass is 10.1. The van der Waals surface area contributed by atoms with Gasteiger partial charge in [0.15, 0.2) is 17.8 Å². The first-order chi connectivity index (χ1) is 18.5. The SMILES string of the molecule is COc1ccc(N2C(C(C)=O)=NN(c3ccccc3)[C@@H]2c2ccccc2OCc2c(Cl)cccc2Cl)cc1. The first-order valence-electron chi connectivity index (χ1n) is 12.0. The zero-order valence-electron chi connectivity index (χ0n) is 20.8. The molecule has 0 radical (unpaired) electrons. The van der Waals surface area contributed by atoms with Crippen molar-refractivity contribution in [2.24, 2.45) is 5.10 Å². The molecule has 192 valence electrons. The minimum atomic E-state index is -0.511. The van der Waals surface area contributed by atoms with Crippen molar-refractivity contribution in [2.75, 3.05) is 17.0 Å². The van der Waals surface area contributed by atoms with Gasteiger partial charge in [0, 0.05) is 33.8 Å². The summed E-state index contributed by atoms with van der Waals surface area (Å²) < 4.78 is 11.7. The molecule has 4 aromatic carbocycles. The van der Waals surface area contributed by atoms with Crippen LogP contribution in [0.1, 0.15) is 24.2 Å². The molecule has 1 aliphatic rings. The first-order valence-corrected chi connectivity index (χ1v) is 12.7. The number of rotatable bonds is 8. The number of hydrogen-bond donors (Lipinski definition) is 0. The number of amidine groups is 1. The third-order valence-corrected chi connectivity index (χ3v) is 6.93. The predicted octanol–water partition coefficient (Wildman–Crippen LogP) is 7.51. The molecule has 1 aliphatic heterocycles. The number of carbonyl (C=O) groups is 1. The Bertz CT molecular complexity index is 1460. The molecule has 8 heteroatoms. The van der Waals surface area contributed by atoms with Gasteiger partial charge in [0.05, 0.1) is 12.8 Å². The number of hydrazone groups is 1. The van der Waals surface area contributed by atoms with Gasteiger partial charge in [0.1, 0.15) is 18.1 Å². The average molecular weight is 546 g/mol. The molecule has 38 heavy (non-hydrogen) atoms. The van der Waals surface area contributed by atoms with Gasteiger partial charge < -0.3 is 9.47 Å². The standard InChI is InChI=1S/C30H25Cl2N3O3/c1-20(36)29-33-35(22-9-4-3-5-10-22)30(34(29)21-15-17-23(37-2)18-16-21)24-11-6-7-14-28(24)38-19-25-26(31)12-8-13-27(25)32/h3-18,30H,19H2,1-2H3/t30-/m1/s1. The fourth-order valence-corrected chi connectivity index (χ4v) is 4.88. The maximum Gasteiger partial charge on any atom is 0.198 e. The molecule has 0 aromatic heterocycles. The van der Waals surface area contributed by atoms with Gasteiger partial charge in [0.2, 0.25) is 0 Å². The Kier molecular flexibility index (Phi) is 7.54. The highest BCUT2D eigenvalue weighted by atomic mass is 35.5. The largest absolute Gasteiger partial charge is 0.497 e. The van der Waals surface area contributed by atoms with E-state index >= 15 is 0 Å². The van der Waals surface area contributed by atoms with Gasteiger partial charge in [-0.15, -0.1) is 5.10 Å². The van der Waals surface area contributed by atoms with E-state index in [0.717, 1.165) is 16.9 Å². The summed E-state index contributed by atoms with van der Waals surface area (Å²) in [6.07, 6.45) is -0.511. The van der Waals surface area contributed by atoms with E-state index in [1.54, 1.807) is 25.3 Å². The average Bonchev–Trinajstić information content (AvgIpc) is 3.34. The van der Waals surface area contributed by atoms with E-state index in [-0.39, 0.29) is 12.4 Å². The van der Waals surface area contributed by atoms with Crippen LogP contribution in [0, 0.1) is 0 Å². The number of nitrogens with zero attached hydrogens (tertiary/aromatic N) is 3. The van der Waals surface area contributed by atoms with Crippen LogP contribution >= 0.6 is 23.2 Å². The molecule has 0 N–H and O–H groups in total. The molecule has 0 saturated carbocycles. The molecule has 0 spiro atoms. The van der Waals surface area contributed by atoms with Crippen molar-refractivity contribution in [3.05, 3.63) is 118 Å². The molecule has 5 rings (SSSR count). The van der Waals surface area contributed by atoms with Crippen LogP contribution in [0.5, 0.6) is 11.5 Å². The lowest BCUT2D eigenvalue weighted by molar-refractivity contribution is -0.111. The van der Waals surface area contributed by atoms with Gasteiger partial charge in [-0.2, -0.15) is 0 Å². The highest BCUT2D eigenvalue weighted by molar-refractivity contribution is 6.44. The van der Waals surface area contributed by atoms with E-state index in [2.05, 4.69) is 0 Å². The first kappa shape index (κ1) is 25.6. The van der Waals surface area contributed by atoms with Crippen LogP contribution in [0.25, 0.3) is 0 Å². The smallest absolute Gasteiger partial charge is 0.198 e. The molecular formula is C30H25Cl2N3O3. The quantitative estimate of drug-likeness (QED) is 0.229. The van der Waals surface area contributed by atoms with Gasteiger partial charge >= 0.3 is 0 Å². The minimum absolute atomic E-state index is 0.162. The van der Waals surface area contributed by atoms with Crippen LogP contribution in [0.3, 0.4) is 0 Å². The number of anilines is 2. The van der Waals surface area contributed by atoms with Crippen molar-refractivity contribution >= 4 is 46.2 Å². The maximum absolute atomic E-state index is 12.9. The molecule has 0 aliphatic carbocycles. The van der Waals surface area contributed by atoms with E-state index < -0.39 is 6.17 Å². The van der Waals surface area contributed by atoms with Crippen LogP contribution in [0.2, 0.25) is 10.0 Å². The highest BCUT2D eigenvalue weighted by Gasteiger charge is 2.40. The maximum atomic E-state index is 12.9. The van der Waals surface area contributed by atoms with E-state index in [9.17, 15) is 4.79 Å². The Hall–Kier alpha value is -4.00. The van der Waals surface area contributed by atoms with Gasteiger partial charge in [-0.25, -0.2) is 5.01 Å². The second-order valence-electron chi connectivity index (χ2n) is 8.63. The fourth-order valence-electron chi connectivity index (χ4n) is 4.37. The zero-order valence-corrected chi connectivity index (χ0v) is 22.4. The van der Waals surface area contributed by atoms with Gasteiger partial charge in [-0.3, -0.25) is 9.69 Å². The van der Waals surface area contributed by atoms with Crippen LogP contribution in [0.4, 0.5) is 11.4 Å². The Balaban J connectivity index is 1.62. The van der Waals surface area contributed by atoms with E-state index in [1.807, 2.05) is 88.8 Å². The normalized spacial score (nSPS) is 14.8. The number of halogens is 2. The van der Waals surface area contributed by atoms with E-state index in [0.29, 0.717) is 32.9 Å². The van der Waals surface area contributed by atoms with Crippen molar-refractivity contribution in [3.8, 4) is 11.5 Å². The lowest BCUT2D eigenvalue weighted by Crippen LogP contribution is -2.38.